The van der Waals surface area contributed by atoms with E-state index in [0.29, 0.717) is 0 Å². The predicted molar refractivity (Wildman–Crippen MR) is 111 cm³/mol. The number of ether oxygens (including phenoxy) is 1. The highest BCUT2D eigenvalue weighted by molar-refractivity contribution is 5.98. The molecular weight excluding hydrogens is 312 g/mol. The fraction of sp³-hybridized carbons (Fsp3) is 1.00. The van der Waals surface area contributed by atoms with E-state index in [4.69, 9.17) is 9.16 Å². The van der Waals surface area contributed by atoms with Gasteiger partial charge in [0.2, 0.25) is 0 Å². The summed E-state index contributed by atoms with van der Waals surface area (Å²) in [6.45, 7) is 13.9. The van der Waals surface area contributed by atoms with Crippen molar-refractivity contribution in [2.75, 3.05) is 7.11 Å². The van der Waals surface area contributed by atoms with Crippen molar-refractivity contribution in [2.24, 2.45) is 17.8 Å². The highest BCUT2D eigenvalue weighted by atomic mass is 28.2. The molecule has 0 rings (SSSR count). The van der Waals surface area contributed by atoms with Gasteiger partial charge in [0.15, 0.2) is 0 Å². The molecule has 1 atom stereocenters. The largest absolute Gasteiger partial charge is 0.420 e. The summed E-state index contributed by atoms with van der Waals surface area (Å²) in [5.41, 5.74) is -0.0399. The zero-order chi connectivity index (χ0) is 18.6. The first kappa shape index (κ1) is 24.1. The molecule has 0 aliphatic carbocycles. The van der Waals surface area contributed by atoms with Crippen molar-refractivity contribution in [2.45, 2.75) is 111 Å². The number of hydrogen-bond donors (Lipinski definition) is 0. The van der Waals surface area contributed by atoms with Gasteiger partial charge in [0.1, 0.15) is 10.5 Å². The summed E-state index contributed by atoms with van der Waals surface area (Å²) in [5.74, 6) is 2.32. The third-order valence-electron chi connectivity index (χ3n) is 5.29. The van der Waals surface area contributed by atoms with Crippen molar-refractivity contribution in [1.29, 1.82) is 0 Å². The second-order valence-electron chi connectivity index (χ2n) is 8.89. The molecule has 3 heteroatoms. The summed E-state index contributed by atoms with van der Waals surface area (Å²) in [6, 6.07) is 0. The number of rotatable bonds is 15. The molecule has 0 heterocycles. The Bertz CT molecular complexity index is 276. The number of methoxy groups -OCH3 is 1. The van der Waals surface area contributed by atoms with Crippen LogP contribution in [0.1, 0.15) is 99.3 Å². The van der Waals surface area contributed by atoms with Gasteiger partial charge in [-0.05, 0) is 37.0 Å². The molecule has 2 nitrogen and oxygen atoms in total. The monoisotopic (exact) mass is 358 g/mol. The van der Waals surface area contributed by atoms with Crippen LogP contribution in [0.5, 0.6) is 0 Å². The van der Waals surface area contributed by atoms with Crippen LogP contribution < -0.4 is 0 Å². The van der Waals surface area contributed by atoms with Gasteiger partial charge in [0.25, 0.3) is 0 Å². The van der Waals surface area contributed by atoms with Crippen LogP contribution in [0.15, 0.2) is 0 Å². The highest BCUT2D eigenvalue weighted by Crippen LogP contribution is 2.34. The van der Waals surface area contributed by atoms with Crippen LogP contribution in [-0.2, 0) is 9.16 Å². The van der Waals surface area contributed by atoms with Crippen molar-refractivity contribution in [1.82, 2.24) is 0 Å². The molecule has 0 saturated heterocycles. The minimum absolute atomic E-state index is 0.0399. The Labute approximate surface area is 156 Å². The van der Waals surface area contributed by atoms with Gasteiger partial charge in [-0.25, -0.2) is 0 Å². The van der Waals surface area contributed by atoms with E-state index in [-0.39, 0.29) is 11.7 Å². The molecule has 0 aliphatic rings. The minimum atomic E-state index is -0.0399. The SMILES string of the molecule is COC(CCCC(C)C)C(CCCC(C)C)(CCCC(C)C)O[SiH3]. The second kappa shape index (κ2) is 13.4. The van der Waals surface area contributed by atoms with E-state index in [2.05, 4.69) is 41.5 Å². The lowest BCUT2D eigenvalue weighted by atomic mass is 9.81. The zero-order valence-corrected chi connectivity index (χ0v) is 20.0. The minimum Gasteiger partial charge on any atom is -0.420 e. The third-order valence-corrected chi connectivity index (χ3v) is 6.10. The Balaban J connectivity index is 4.90. The molecule has 0 fully saturated rings. The van der Waals surface area contributed by atoms with Gasteiger partial charge < -0.3 is 9.16 Å². The molecule has 0 bridgehead atoms. The fourth-order valence-corrected chi connectivity index (χ4v) is 4.38. The van der Waals surface area contributed by atoms with Gasteiger partial charge in [0.05, 0.1) is 11.7 Å². The van der Waals surface area contributed by atoms with E-state index < -0.39 is 0 Å². The molecule has 0 N–H and O–H groups in total. The van der Waals surface area contributed by atoms with Crippen LogP contribution in [0.25, 0.3) is 0 Å². The lowest BCUT2D eigenvalue weighted by Gasteiger charge is -2.40. The Morgan fingerprint density at radius 3 is 1.46 bits per heavy atom. The first-order chi connectivity index (χ1) is 11.3. The van der Waals surface area contributed by atoms with Crippen molar-refractivity contribution in [3.8, 4) is 0 Å². The molecule has 0 aliphatic heterocycles. The average molecular weight is 359 g/mol. The molecule has 0 aromatic carbocycles. The first-order valence-electron chi connectivity index (χ1n) is 10.3. The summed E-state index contributed by atoms with van der Waals surface area (Å²) in [7, 11) is 2.69. The number of hydrogen-bond acceptors (Lipinski definition) is 2. The molecule has 0 radical (unpaired) electrons. The van der Waals surface area contributed by atoms with Crippen LogP contribution in [0.2, 0.25) is 0 Å². The molecule has 146 valence electrons. The molecular formula is C21H46O2Si. The van der Waals surface area contributed by atoms with Crippen LogP contribution >= 0.6 is 0 Å². The zero-order valence-electron chi connectivity index (χ0n) is 18.0. The lowest BCUT2D eigenvalue weighted by Crippen LogP contribution is -2.46. The van der Waals surface area contributed by atoms with E-state index in [9.17, 15) is 0 Å². The van der Waals surface area contributed by atoms with Crippen LogP contribution in [0.4, 0.5) is 0 Å². The molecule has 0 spiro atoms. The Morgan fingerprint density at radius 1 is 0.708 bits per heavy atom. The van der Waals surface area contributed by atoms with Gasteiger partial charge in [-0.1, -0.05) is 80.1 Å². The van der Waals surface area contributed by atoms with E-state index in [1.165, 1.54) is 38.5 Å². The van der Waals surface area contributed by atoms with Crippen LogP contribution in [-0.4, -0.2) is 29.3 Å². The van der Waals surface area contributed by atoms with Gasteiger partial charge in [-0.15, -0.1) is 0 Å². The standard InChI is InChI=1S/C21H46O2Si/c1-17(2)11-8-14-20(22-7)21(23-24,15-9-12-18(3)4)16-10-13-19(5)6/h17-20H,8-16H2,1-7,24H3. The maximum absolute atomic E-state index is 6.33. The van der Waals surface area contributed by atoms with Crippen molar-refractivity contribution < 1.29 is 9.16 Å². The molecule has 0 aromatic heterocycles. The van der Waals surface area contributed by atoms with Gasteiger partial charge in [0, 0.05) is 7.11 Å². The Morgan fingerprint density at radius 2 is 1.12 bits per heavy atom. The molecule has 1 unspecified atom stereocenters. The van der Waals surface area contributed by atoms with Crippen LogP contribution in [0, 0.1) is 17.8 Å². The summed E-state index contributed by atoms with van der Waals surface area (Å²) in [6.07, 6.45) is 11.3. The van der Waals surface area contributed by atoms with Gasteiger partial charge in [-0.2, -0.15) is 0 Å². The maximum Gasteiger partial charge on any atom is 0.146 e. The van der Waals surface area contributed by atoms with E-state index in [1.54, 1.807) is 0 Å². The third kappa shape index (κ3) is 10.2. The lowest BCUT2D eigenvalue weighted by molar-refractivity contribution is -0.0893. The first-order valence-corrected chi connectivity index (χ1v) is 11.2. The van der Waals surface area contributed by atoms with Crippen molar-refractivity contribution in [3.63, 3.8) is 0 Å². The molecule has 24 heavy (non-hydrogen) atoms. The second-order valence-corrected chi connectivity index (χ2v) is 9.30. The van der Waals surface area contributed by atoms with Crippen molar-refractivity contribution in [3.05, 3.63) is 0 Å². The van der Waals surface area contributed by atoms with Gasteiger partial charge >= 0.3 is 0 Å². The Hall–Kier alpha value is 0.137. The quantitative estimate of drug-likeness (QED) is 0.359. The summed E-state index contributed by atoms with van der Waals surface area (Å²) < 4.78 is 12.3. The topological polar surface area (TPSA) is 18.5 Å². The Kier molecular flexibility index (Phi) is 13.4. The van der Waals surface area contributed by atoms with Crippen LogP contribution in [0.3, 0.4) is 0 Å². The summed E-state index contributed by atoms with van der Waals surface area (Å²) in [5, 5.41) is 0. The normalized spacial score (nSPS) is 14.2. The maximum atomic E-state index is 6.33. The van der Waals surface area contributed by atoms with Gasteiger partial charge in [-0.3, -0.25) is 0 Å². The fourth-order valence-electron chi connectivity index (χ4n) is 3.71. The van der Waals surface area contributed by atoms with E-state index >= 15 is 0 Å². The van der Waals surface area contributed by atoms with Crippen molar-refractivity contribution >= 4 is 10.5 Å². The van der Waals surface area contributed by atoms with E-state index in [1.807, 2.05) is 7.11 Å². The molecule has 0 saturated carbocycles. The molecule has 0 amide bonds. The highest BCUT2D eigenvalue weighted by Gasteiger charge is 2.37. The summed E-state index contributed by atoms with van der Waals surface area (Å²) in [4.78, 5) is 0. The predicted octanol–water partition coefficient (Wildman–Crippen LogP) is 5.52. The summed E-state index contributed by atoms with van der Waals surface area (Å²) >= 11 is 0. The smallest absolute Gasteiger partial charge is 0.146 e. The average Bonchev–Trinajstić information content (AvgIpc) is 2.49. The molecule has 0 aromatic rings. The van der Waals surface area contributed by atoms with E-state index in [0.717, 1.165) is 47.5 Å².